The summed E-state index contributed by atoms with van der Waals surface area (Å²) in [5, 5.41) is 3.31. The molecule has 0 saturated carbocycles. The fourth-order valence-corrected chi connectivity index (χ4v) is 0.735. The molecule has 0 aromatic carbocycles. The maximum absolute atomic E-state index is 11.0. The van der Waals surface area contributed by atoms with Gasteiger partial charge in [0.15, 0.2) is 0 Å². The Balaban J connectivity index is 3.02. The second kappa shape index (κ2) is 3.70. The van der Waals surface area contributed by atoms with E-state index in [4.69, 9.17) is 0 Å². The molecule has 6 nitrogen and oxygen atoms in total. The molecule has 0 saturated heterocycles. The van der Waals surface area contributed by atoms with E-state index < -0.39 is 11.9 Å². The first kappa shape index (κ1) is 9.24. The van der Waals surface area contributed by atoms with Crippen LogP contribution >= 0.6 is 0 Å². The number of aromatic nitrogens is 1. The molecule has 0 fully saturated rings. The molecule has 0 aliphatic carbocycles. The van der Waals surface area contributed by atoms with Gasteiger partial charge in [-0.05, 0) is 0 Å². The lowest BCUT2D eigenvalue weighted by Gasteiger charge is -1.96. The average molecular weight is 185 g/mol. The van der Waals surface area contributed by atoms with Crippen molar-refractivity contribution in [2.45, 2.75) is 0 Å². The Labute approximate surface area is 73.4 Å². The first-order valence-electron chi connectivity index (χ1n) is 3.31. The van der Waals surface area contributed by atoms with Crippen LogP contribution in [0.5, 0.6) is 0 Å². The van der Waals surface area contributed by atoms with Crippen LogP contribution in [0.25, 0.3) is 0 Å². The molecule has 0 amide bonds. The van der Waals surface area contributed by atoms with Crippen LogP contribution in [-0.2, 0) is 9.47 Å². The van der Waals surface area contributed by atoms with Crippen molar-refractivity contribution in [2.75, 3.05) is 14.2 Å². The van der Waals surface area contributed by atoms with Crippen LogP contribution in [-0.4, -0.2) is 31.3 Å². The summed E-state index contributed by atoms with van der Waals surface area (Å²) in [5.41, 5.74) is -0.233. The summed E-state index contributed by atoms with van der Waals surface area (Å²) in [6.07, 6.45) is 1.03. The van der Waals surface area contributed by atoms with E-state index in [0.29, 0.717) is 0 Å². The normalized spacial score (nSPS) is 9.38. The second-order valence-electron chi connectivity index (χ2n) is 2.06. The predicted octanol–water partition coefficient (Wildman–Crippen LogP) is 0.248. The maximum Gasteiger partial charge on any atom is 0.361 e. The van der Waals surface area contributed by atoms with E-state index in [1.165, 1.54) is 14.2 Å². The van der Waals surface area contributed by atoms with Crippen molar-refractivity contribution >= 4 is 11.9 Å². The number of hydrogen-bond donors (Lipinski definition) is 0. The van der Waals surface area contributed by atoms with E-state index >= 15 is 0 Å². The lowest BCUT2D eigenvalue weighted by atomic mass is 10.2. The highest BCUT2D eigenvalue weighted by Crippen LogP contribution is 2.08. The van der Waals surface area contributed by atoms with Crippen LogP contribution in [0.3, 0.4) is 0 Å². The first-order chi connectivity index (χ1) is 6.20. The van der Waals surface area contributed by atoms with Gasteiger partial charge >= 0.3 is 11.9 Å². The smallest absolute Gasteiger partial charge is 0.361 e. The molecule has 0 N–H and O–H groups in total. The van der Waals surface area contributed by atoms with Gasteiger partial charge < -0.3 is 14.0 Å². The summed E-state index contributed by atoms with van der Waals surface area (Å²) in [4.78, 5) is 21.9. The van der Waals surface area contributed by atoms with E-state index in [2.05, 4.69) is 19.2 Å². The van der Waals surface area contributed by atoms with E-state index in [1.54, 1.807) is 0 Å². The Morgan fingerprint density at radius 2 is 1.92 bits per heavy atom. The summed E-state index contributed by atoms with van der Waals surface area (Å²) in [7, 11) is 2.37. The zero-order valence-corrected chi connectivity index (χ0v) is 7.07. The molecule has 0 spiro atoms. The highest BCUT2D eigenvalue weighted by molar-refractivity contribution is 6.01. The molecule has 1 heterocycles. The van der Waals surface area contributed by atoms with Crippen molar-refractivity contribution in [1.29, 1.82) is 0 Å². The minimum Gasteiger partial charge on any atom is -0.465 e. The summed E-state index contributed by atoms with van der Waals surface area (Å²) in [6, 6.07) is 0. The van der Waals surface area contributed by atoms with Gasteiger partial charge in [0.2, 0.25) is 5.69 Å². The van der Waals surface area contributed by atoms with Crippen molar-refractivity contribution in [1.82, 2.24) is 5.16 Å². The molecule has 1 aromatic rings. The largest absolute Gasteiger partial charge is 0.465 e. The highest BCUT2D eigenvalue weighted by atomic mass is 16.5. The molecule has 6 heteroatoms. The second-order valence-corrected chi connectivity index (χ2v) is 2.06. The van der Waals surface area contributed by atoms with Crippen LogP contribution in [0.15, 0.2) is 10.8 Å². The van der Waals surface area contributed by atoms with Crippen LogP contribution in [0.4, 0.5) is 0 Å². The van der Waals surface area contributed by atoms with Gasteiger partial charge in [0, 0.05) is 0 Å². The van der Waals surface area contributed by atoms with Gasteiger partial charge in [-0.2, -0.15) is 0 Å². The van der Waals surface area contributed by atoms with Crippen molar-refractivity contribution in [3.63, 3.8) is 0 Å². The maximum atomic E-state index is 11.0. The minimum atomic E-state index is -0.742. The van der Waals surface area contributed by atoms with Crippen molar-refractivity contribution in [3.05, 3.63) is 17.5 Å². The quantitative estimate of drug-likeness (QED) is 0.614. The molecular formula is C7H7NO5. The zero-order valence-electron chi connectivity index (χ0n) is 7.07. The third-order valence-corrected chi connectivity index (χ3v) is 1.35. The number of ether oxygens (including phenoxy) is 2. The van der Waals surface area contributed by atoms with Gasteiger partial charge in [-0.3, -0.25) is 0 Å². The molecule has 70 valence electrons. The molecule has 1 rings (SSSR count). The van der Waals surface area contributed by atoms with Gasteiger partial charge in [-0.15, -0.1) is 0 Å². The van der Waals surface area contributed by atoms with E-state index in [-0.39, 0.29) is 11.3 Å². The number of rotatable bonds is 2. The molecule has 1 aromatic heterocycles. The number of carbonyl (C=O) groups is 2. The van der Waals surface area contributed by atoms with Gasteiger partial charge in [0.25, 0.3) is 0 Å². The lowest BCUT2D eigenvalue weighted by Crippen LogP contribution is -2.10. The van der Waals surface area contributed by atoms with Gasteiger partial charge in [0.05, 0.1) is 14.2 Å². The molecule has 0 radical (unpaired) electrons. The van der Waals surface area contributed by atoms with Gasteiger partial charge in [-0.25, -0.2) is 9.59 Å². The molecule has 0 aliphatic heterocycles. The molecular weight excluding hydrogens is 178 g/mol. The number of methoxy groups -OCH3 is 2. The summed E-state index contributed by atoms with van der Waals surface area (Å²) in [5.74, 6) is -1.43. The summed E-state index contributed by atoms with van der Waals surface area (Å²) in [6.45, 7) is 0. The fourth-order valence-electron chi connectivity index (χ4n) is 0.735. The van der Waals surface area contributed by atoms with Gasteiger partial charge in [-0.1, -0.05) is 5.16 Å². The Bertz CT molecular complexity index is 299. The fraction of sp³-hybridized carbons (Fsp3) is 0.286. The van der Waals surface area contributed by atoms with Crippen LogP contribution < -0.4 is 0 Å². The monoisotopic (exact) mass is 185 g/mol. The molecule has 0 unspecified atom stereocenters. The standard InChI is InChI=1S/C7H7NO5/c1-11-6(9)4-3-13-8-5(4)7(10)12-2/h3H,1-2H3. The number of hydrogen-bond acceptors (Lipinski definition) is 6. The van der Waals surface area contributed by atoms with E-state index in [9.17, 15) is 9.59 Å². The summed E-state index contributed by atoms with van der Waals surface area (Å²) >= 11 is 0. The third kappa shape index (κ3) is 1.66. The van der Waals surface area contributed by atoms with Crippen molar-refractivity contribution < 1.29 is 23.6 Å². The van der Waals surface area contributed by atoms with Crippen molar-refractivity contribution in [3.8, 4) is 0 Å². The predicted molar refractivity (Wildman–Crippen MR) is 39.2 cm³/mol. The average Bonchev–Trinajstić information content (AvgIpc) is 2.63. The molecule has 0 aliphatic rings. The Morgan fingerprint density at radius 3 is 2.46 bits per heavy atom. The lowest BCUT2D eigenvalue weighted by molar-refractivity contribution is 0.0551. The van der Waals surface area contributed by atoms with Crippen LogP contribution in [0.1, 0.15) is 20.8 Å². The molecule has 0 atom stereocenters. The SMILES string of the molecule is COC(=O)c1conc1C(=O)OC. The third-order valence-electron chi connectivity index (χ3n) is 1.35. The zero-order chi connectivity index (χ0) is 9.84. The number of carbonyl (C=O) groups excluding carboxylic acids is 2. The number of esters is 2. The van der Waals surface area contributed by atoms with Crippen molar-refractivity contribution in [2.24, 2.45) is 0 Å². The Morgan fingerprint density at radius 1 is 1.31 bits per heavy atom. The first-order valence-corrected chi connectivity index (χ1v) is 3.31. The summed E-state index contributed by atoms with van der Waals surface area (Å²) < 4.78 is 13.2. The van der Waals surface area contributed by atoms with Crippen LogP contribution in [0.2, 0.25) is 0 Å². The van der Waals surface area contributed by atoms with E-state index in [1.807, 2.05) is 0 Å². The molecule has 0 bridgehead atoms. The Hall–Kier alpha value is -1.85. The highest BCUT2D eigenvalue weighted by Gasteiger charge is 2.22. The minimum absolute atomic E-state index is 0.0469. The topological polar surface area (TPSA) is 78.6 Å². The van der Waals surface area contributed by atoms with Gasteiger partial charge in [0.1, 0.15) is 11.8 Å². The Kier molecular flexibility index (Phi) is 2.63. The molecule has 13 heavy (non-hydrogen) atoms. The number of nitrogens with zero attached hydrogens (tertiary/aromatic N) is 1. The van der Waals surface area contributed by atoms with E-state index in [0.717, 1.165) is 6.26 Å². The van der Waals surface area contributed by atoms with Crippen LogP contribution in [0, 0.1) is 0 Å².